The number of carbonyl (C=O) groups is 2. The van der Waals surface area contributed by atoms with Gasteiger partial charge in [-0.1, -0.05) is 45.9 Å². The van der Waals surface area contributed by atoms with Crippen LogP contribution in [0, 0.1) is 0 Å². The molecule has 0 saturated carbocycles. The molecule has 0 spiro atoms. The standard InChI is InChI=1S/C15H21NO2/c1-9(2)12-7-6-8-13(10(3)4)14(12)16-15(18)11(5)17/h6-10H,1-5H3,(H,16,18). The van der Waals surface area contributed by atoms with Crippen LogP contribution in [0.5, 0.6) is 0 Å². The van der Waals surface area contributed by atoms with Crippen molar-refractivity contribution >= 4 is 17.4 Å². The summed E-state index contributed by atoms with van der Waals surface area (Å²) in [6, 6.07) is 5.98. The number of Topliss-reactive ketones (excluding diaryl/α,β-unsaturated/α-hetero) is 1. The average Bonchev–Trinajstić information content (AvgIpc) is 2.28. The van der Waals surface area contributed by atoms with E-state index in [1.54, 1.807) is 0 Å². The first-order valence-electron chi connectivity index (χ1n) is 6.29. The van der Waals surface area contributed by atoms with Gasteiger partial charge in [0.25, 0.3) is 5.91 Å². The molecule has 3 nitrogen and oxygen atoms in total. The molecule has 18 heavy (non-hydrogen) atoms. The molecule has 98 valence electrons. The van der Waals surface area contributed by atoms with E-state index in [1.165, 1.54) is 6.92 Å². The Morgan fingerprint density at radius 2 is 1.44 bits per heavy atom. The largest absolute Gasteiger partial charge is 0.319 e. The van der Waals surface area contributed by atoms with Gasteiger partial charge in [0.05, 0.1) is 0 Å². The Bertz CT molecular complexity index is 435. The molecule has 0 radical (unpaired) electrons. The van der Waals surface area contributed by atoms with Crippen LogP contribution in [-0.4, -0.2) is 11.7 Å². The molecule has 0 aliphatic heterocycles. The Hall–Kier alpha value is -1.64. The summed E-state index contributed by atoms with van der Waals surface area (Å²) >= 11 is 0. The fourth-order valence-electron chi connectivity index (χ4n) is 1.90. The molecule has 3 heteroatoms. The molecule has 1 rings (SSSR count). The Balaban J connectivity index is 3.27. The van der Waals surface area contributed by atoms with Crippen molar-refractivity contribution in [3.63, 3.8) is 0 Å². The van der Waals surface area contributed by atoms with Crippen LogP contribution in [0.15, 0.2) is 18.2 Å². The molecule has 0 aromatic heterocycles. The molecule has 0 fully saturated rings. The summed E-state index contributed by atoms with van der Waals surface area (Å²) in [7, 11) is 0. The van der Waals surface area contributed by atoms with Crippen molar-refractivity contribution in [3.8, 4) is 0 Å². The molecule has 0 aliphatic rings. The number of ketones is 1. The fourth-order valence-corrected chi connectivity index (χ4v) is 1.90. The normalized spacial score (nSPS) is 10.8. The quantitative estimate of drug-likeness (QED) is 0.828. The molecular weight excluding hydrogens is 226 g/mol. The summed E-state index contributed by atoms with van der Waals surface area (Å²) in [5.41, 5.74) is 2.93. The zero-order valence-electron chi connectivity index (χ0n) is 11.7. The summed E-state index contributed by atoms with van der Waals surface area (Å²) < 4.78 is 0. The Labute approximate surface area is 109 Å². The molecule has 1 aromatic rings. The van der Waals surface area contributed by atoms with Gasteiger partial charge in [0.1, 0.15) is 0 Å². The number of carbonyl (C=O) groups excluding carboxylic acids is 2. The van der Waals surface area contributed by atoms with E-state index in [1.807, 2.05) is 18.2 Å². The lowest BCUT2D eigenvalue weighted by Gasteiger charge is -2.19. The monoisotopic (exact) mass is 247 g/mol. The predicted octanol–water partition coefficient (Wildman–Crippen LogP) is 3.46. The van der Waals surface area contributed by atoms with Gasteiger partial charge in [-0.05, 0) is 23.0 Å². The summed E-state index contributed by atoms with van der Waals surface area (Å²) in [6.45, 7) is 9.57. The third-order valence-corrected chi connectivity index (χ3v) is 2.93. The van der Waals surface area contributed by atoms with Gasteiger partial charge in [-0.2, -0.15) is 0 Å². The van der Waals surface area contributed by atoms with Crippen LogP contribution in [0.3, 0.4) is 0 Å². The number of para-hydroxylation sites is 1. The second kappa shape index (κ2) is 5.80. The number of hydrogen-bond acceptors (Lipinski definition) is 2. The lowest BCUT2D eigenvalue weighted by molar-refractivity contribution is -0.133. The number of anilines is 1. The van der Waals surface area contributed by atoms with Crippen LogP contribution in [0.1, 0.15) is 57.6 Å². The number of hydrogen-bond donors (Lipinski definition) is 1. The summed E-state index contributed by atoms with van der Waals surface area (Å²) in [5.74, 6) is -0.426. The van der Waals surface area contributed by atoms with Gasteiger partial charge < -0.3 is 5.32 Å². The zero-order chi connectivity index (χ0) is 13.9. The predicted molar refractivity (Wildman–Crippen MR) is 73.9 cm³/mol. The van der Waals surface area contributed by atoms with Gasteiger partial charge in [-0.3, -0.25) is 9.59 Å². The molecule has 0 aliphatic carbocycles. The lowest BCUT2D eigenvalue weighted by atomic mass is 9.92. The highest BCUT2D eigenvalue weighted by Gasteiger charge is 2.17. The summed E-state index contributed by atoms with van der Waals surface area (Å²) in [4.78, 5) is 22.7. The molecule has 0 heterocycles. The zero-order valence-corrected chi connectivity index (χ0v) is 11.7. The van der Waals surface area contributed by atoms with Gasteiger partial charge in [0.15, 0.2) is 0 Å². The van der Waals surface area contributed by atoms with Crippen molar-refractivity contribution in [1.29, 1.82) is 0 Å². The lowest BCUT2D eigenvalue weighted by Crippen LogP contribution is -2.22. The second-order valence-corrected chi connectivity index (χ2v) is 5.13. The molecule has 0 atom stereocenters. The Morgan fingerprint density at radius 1 is 1.00 bits per heavy atom. The van der Waals surface area contributed by atoms with Crippen LogP contribution in [-0.2, 0) is 9.59 Å². The van der Waals surface area contributed by atoms with E-state index in [9.17, 15) is 9.59 Å². The first-order valence-corrected chi connectivity index (χ1v) is 6.29. The van der Waals surface area contributed by atoms with E-state index < -0.39 is 11.7 Å². The summed E-state index contributed by atoms with van der Waals surface area (Å²) in [5, 5.41) is 2.75. The number of rotatable bonds is 4. The molecule has 0 bridgehead atoms. The third-order valence-electron chi connectivity index (χ3n) is 2.93. The Kier molecular flexibility index (Phi) is 4.65. The molecule has 1 aromatic carbocycles. The van der Waals surface area contributed by atoms with Gasteiger partial charge in [-0.15, -0.1) is 0 Å². The maximum atomic E-state index is 11.6. The number of benzene rings is 1. The van der Waals surface area contributed by atoms with Gasteiger partial charge >= 0.3 is 0 Å². The maximum absolute atomic E-state index is 11.6. The molecule has 0 unspecified atom stereocenters. The highest BCUT2D eigenvalue weighted by atomic mass is 16.2. The van der Waals surface area contributed by atoms with E-state index in [0.717, 1.165) is 16.8 Å². The number of amides is 1. The first kappa shape index (κ1) is 14.4. The second-order valence-electron chi connectivity index (χ2n) is 5.13. The average molecular weight is 247 g/mol. The first-order chi connectivity index (χ1) is 8.34. The van der Waals surface area contributed by atoms with Crippen LogP contribution < -0.4 is 5.32 Å². The van der Waals surface area contributed by atoms with Gasteiger partial charge in [-0.25, -0.2) is 0 Å². The smallest absolute Gasteiger partial charge is 0.291 e. The fraction of sp³-hybridized carbons (Fsp3) is 0.467. The Morgan fingerprint density at radius 3 is 1.78 bits per heavy atom. The van der Waals surface area contributed by atoms with E-state index in [4.69, 9.17) is 0 Å². The highest BCUT2D eigenvalue weighted by Crippen LogP contribution is 2.32. The minimum atomic E-state index is -0.551. The van der Waals surface area contributed by atoms with Crippen molar-refractivity contribution in [3.05, 3.63) is 29.3 Å². The SMILES string of the molecule is CC(=O)C(=O)Nc1c(C(C)C)cccc1C(C)C. The topological polar surface area (TPSA) is 46.2 Å². The van der Waals surface area contributed by atoms with Crippen LogP contribution in [0.4, 0.5) is 5.69 Å². The highest BCUT2D eigenvalue weighted by molar-refractivity contribution is 6.39. The van der Waals surface area contributed by atoms with E-state index in [-0.39, 0.29) is 0 Å². The van der Waals surface area contributed by atoms with Gasteiger partial charge in [0.2, 0.25) is 5.78 Å². The van der Waals surface area contributed by atoms with Crippen molar-refractivity contribution in [2.45, 2.75) is 46.5 Å². The minimum Gasteiger partial charge on any atom is -0.319 e. The molecule has 1 amide bonds. The van der Waals surface area contributed by atoms with Crippen molar-refractivity contribution in [2.24, 2.45) is 0 Å². The van der Waals surface area contributed by atoms with E-state index in [0.29, 0.717) is 11.8 Å². The van der Waals surface area contributed by atoms with E-state index in [2.05, 4.69) is 33.0 Å². The van der Waals surface area contributed by atoms with Crippen molar-refractivity contribution < 1.29 is 9.59 Å². The molecule has 0 saturated heterocycles. The number of nitrogens with one attached hydrogen (secondary N) is 1. The van der Waals surface area contributed by atoms with E-state index >= 15 is 0 Å². The van der Waals surface area contributed by atoms with Crippen LogP contribution >= 0.6 is 0 Å². The minimum absolute atomic E-state index is 0.297. The van der Waals surface area contributed by atoms with Crippen molar-refractivity contribution in [1.82, 2.24) is 0 Å². The molecular formula is C15H21NO2. The van der Waals surface area contributed by atoms with Crippen molar-refractivity contribution in [2.75, 3.05) is 5.32 Å². The van der Waals surface area contributed by atoms with Crippen LogP contribution in [0.2, 0.25) is 0 Å². The summed E-state index contributed by atoms with van der Waals surface area (Å²) in [6.07, 6.45) is 0. The third kappa shape index (κ3) is 3.19. The molecule has 1 N–H and O–H groups in total. The van der Waals surface area contributed by atoms with Crippen LogP contribution in [0.25, 0.3) is 0 Å². The maximum Gasteiger partial charge on any atom is 0.291 e. The van der Waals surface area contributed by atoms with Gasteiger partial charge in [0, 0.05) is 12.6 Å².